The highest BCUT2D eigenvalue weighted by Crippen LogP contribution is 2.26. The van der Waals surface area contributed by atoms with Gasteiger partial charge in [0, 0.05) is 28.7 Å². The number of amides is 1. The number of nitrogens with zero attached hydrogens (tertiary/aromatic N) is 5. The van der Waals surface area contributed by atoms with Crippen LogP contribution in [-0.2, 0) is 4.74 Å². The fourth-order valence-electron chi connectivity index (χ4n) is 3.38. The molecule has 9 nitrogen and oxygen atoms in total. The number of aliphatic hydroxyl groups excluding tert-OH is 1. The van der Waals surface area contributed by atoms with Crippen molar-refractivity contribution in [2.45, 2.75) is 39.0 Å². The third kappa shape index (κ3) is 4.47. The number of aromatic nitrogens is 4. The first-order chi connectivity index (χ1) is 14.8. The quantitative estimate of drug-likeness (QED) is 0.601. The second-order valence-electron chi connectivity index (χ2n) is 7.49. The number of aliphatic hydroxyl groups is 1. The highest BCUT2D eigenvalue weighted by molar-refractivity contribution is 6.30. The second-order valence-corrected chi connectivity index (χ2v) is 7.93. The SMILES string of the molecule is Cc1cc(N2C(=O)OC[C@@H]2[C@@H](C)O)nc(N[C@@H](C)c2cn(-c3ccc(Cl)cc3)cn2)n1. The summed E-state index contributed by atoms with van der Waals surface area (Å²) < 4.78 is 7.00. The molecule has 2 N–H and O–H groups in total. The van der Waals surface area contributed by atoms with Crippen LogP contribution in [-0.4, -0.2) is 49.5 Å². The fourth-order valence-corrected chi connectivity index (χ4v) is 3.50. The normalized spacial score (nSPS) is 18.0. The average molecular weight is 443 g/mol. The maximum atomic E-state index is 12.2. The standard InChI is InChI=1S/C21H23ClN6O3/c1-12-8-19(28-18(14(3)29)10-31-21(28)30)26-20(24-12)25-13(2)17-9-27(11-23-17)16-6-4-15(22)5-7-16/h4-9,11,13-14,18,29H,10H2,1-3H3,(H,24,25,26)/t13-,14+,18+/m0/s1. The van der Waals surface area contributed by atoms with Crippen LogP contribution < -0.4 is 10.2 Å². The van der Waals surface area contributed by atoms with Crippen LogP contribution in [0.2, 0.25) is 5.02 Å². The Morgan fingerprint density at radius 3 is 2.71 bits per heavy atom. The number of ether oxygens (including phenoxy) is 1. The van der Waals surface area contributed by atoms with E-state index in [0.717, 1.165) is 11.4 Å². The van der Waals surface area contributed by atoms with Crippen LogP contribution in [0.3, 0.4) is 0 Å². The molecule has 0 spiro atoms. The minimum absolute atomic E-state index is 0.112. The van der Waals surface area contributed by atoms with Gasteiger partial charge >= 0.3 is 6.09 Å². The zero-order chi connectivity index (χ0) is 22.1. The largest absolute Gasteiger partial charge is 0.447 e. The first kappa shape index (κ1) is 21.1. The highest BCUT2D eigenvalue weighted by atomic mass is 35.5. The van der Waals surface area contributed by atoms with Gasteiger partial charge in [-0.25, -0.2) is 14.8 Å². The molecule has 1 fully saturated rings. The van der Waals surface area contributed by atoms with E-state index in [1.54, 1.807) is 19.3 Å². The van der Waals surface area contributed by atoms with Gasteiger partial charge in [-0.15, -0.1) is 0 Å². The zero-order valence-corrected chi connectivity index (χ0v) is 18.1. The number of cyclic esters (lactones) is 1. The van der Waals surface area contributed by atoms with Gasteiger partial charge in [-0.2, -0.15) is 4.98 Å². The van der Waals surface area contributed by atoms with Crippen molar-refractivity contribution in [1.29, 1.82) is 0 Å². The van der Waals surface area contributed by atoms with Gasteiger partial charge in [-0.05, 0) is 45.0 Å². The number of imidazole rings is 1. The third-order valence-electron chi connectivity index (χ3n) is 5.07. The Bertz CT molecular complexity index is 1080. The number of rotatable bonds is 6. The van der Waals surface area contributed by atoms with Crippen molar-refractivity contribution < 1.29 is 14.6 Å². The molecular formula is C21H23ClN6O3. The third-order valence-corrected chi connectivity index (χ3v) is 5.32. The van der Waals surface area contributed by atoms with Crippen LogP contribution in [0.4, 0.5) is 16.6 Å². The molecule has 0 radical (unpaired) electrons. The van der Waals surface area contributed by atoms with E-state index in [2.05, 4.69) is 20.3 Å². The lowest BCUT2D eigenvalue weighted by Crippen LogP contribution is -2.41. The van der Waals surface area contributed by atoms with Crippen LogP contribution in [0.1, 0.15) is 31.3 Å². The molecule has 3 heterocycles. The molecule has 0 saturated carbocycles. The molecule has 4 rings (SSSR count). The Morgan fingerprint density at radius 2 is 2.00 bits per heavy atom. The van der Waals surface area contributed by atoms with Crippen LogP contribution in [0.5, 0.6) is 0 Å². The van der Waals surface area contributed by atoms with E-state index in [1.165, 1.54) is 4.90 Å². The van der Waals surface area contributed by atoms with E-state index >= 15 is 0 Å². The number of anilines is 2. The summed E-state index contributed by atoms with van der Waals surface area (Å²) in [5.41, 5.74) is 2.42. The molecule has 162 valence electrons. The predicted octanol–water partition coefficient (Wildman–Crippen LogP) is 3.50. The topological polar surface area (TPSA) is 105 Å². The lowest BCUT2D eigenvalue weighted by Gasteiger charge is -2.23. The van der Waals surface area contributed by atoms with Crippen molar-refractivity contribution >= 4 is 29.5 Å². The van der Waals surface area contributed by atoms with Crippen molar-refractivity contribution in [1.82, 2.24) is 19.5 Å². The monoisotopic (exact) mass is 442 g/mol. The number of halogens is 1. The molecule has 0 unspecified atom stereocenters. The summed E-state index contributed by atoms with van der Waals surface area (Å²) in [4.78, 5) is 27.0. The van der Waals surface area contributed by atoms with E-state index < -0.39 is 18.2 Å². The number of hydrogen-bond donors (Lipinski definition) is 2. The van der Waals surface area contributed by atoms with Crippen LogP contribution in [0.25, 0.3) is 5.69 Å². The van der Waals surface area contributed by atoms with E-state index in [4.69, 9.17) is 16.3 Å². The molecule has 10 heteroatoms. The lowest BCUT2D eigenvalue weighted by atomic mass is 10.2. The Hall–Kier alpha value is -3.17. The molecule has 1 saturated heterocycles. The van der Waals surface area contributed by atoms with Crippen molar-refractivity contribution in [3.8, 4) is 5.69 Å². The minimum atomic E-state index is -0.756. The molecule has 1 aliphatic heterocycles. The minimum Gasteiger partial charge on any atom is -0.447 e. The Morgan fingerprint density at radius 1 is 1.26 bits per heavy atom. The maximum Gasteiger partial charge on any atom is 0.416 e. The van der Waals surface area contributed by atoms with E-state index in [9.17, 15) is 9.90 Å². The fraction of sp³-hybridized carbons (Fsp3) is 0.333. The van der Waals surface area contributed by atoms with E-state index in [1.807, 2.05) is 48.9 Å². The second kappa shape index (κ2) is 8.52. The van der Waals surface area contributed by atoms with Gasteiger partial charge in [-0.3, -0.25) is 4.90 Å². The van der Waals surface area contributed by atoms with Gasteiger partial charge in [0.1, 0.15) is 18.5 Å². The molecule has 1 amide bonds. The molecule has 3 aromatic rings. The molecule has 3 atom stereocenters. The maximum absolute atomic E-state index is 12.2. The van der Waals surface area contributed by atoms with Crippen LogP contribution in [0.15, 0.2) is 42.9 Å². The van der Waals surface area contributed by atoms with Gasteiger partial charge in [-0.1, -0.05) is 11.6 Å². The summed E-state index contributed by atoms with van der Waals surface area (Å²) >= 11 is 5.96. The Kier molecular flexibility index (Phi) is 5.79. The van der Waals surface area contributed by atoms with Crippen LogP contribution in [0, 0.1) is 6.92 Å². The summed E-state index contributed by atoms with van der Waals surface area (Å²) in [6.07, 6.45) is 2.35. The number of carbonyl (C=O) groups excluding carboxylic acids is 1. The average Bonchev–Trinajstić information content (AvgIpc) is 3.35. The first-order valence-electron chi connectivity index (χ1n) is 9.88. The smallest absolute Gasteiger partial charge is 0.416 e. The van der Waals surface area contributed by atoms with Gasteiger partial charge in [0.15, 0.2) is 0 Å². The summed E-state index contributed by atoms with van der Waals surface area (Å²) in [6.45, 7) is 5.49. The van der Waals surface area contributed by atoms with Crippen molar-refractivity contribution in [3.05, 3.63) is 59.3 Å². The van der Waals surface area contributed by atoms with Crippen LogP contribution >= 0.6 is 11.6 Å². The number of aryl methyl sites for hydroxylation is 1. The van der Waals surface area contributed by atoms with Gasteiger partial charge < -0.3 is 19.7 Å². The summed E-state index contributed by atoms with van der Waals surface area (Å²) in [5.74, 6) is 0.731. The highest BCUT2D eigenvalue weighted by Gasteiger charge is 2.38. The molecule has 1 aromatic carbocycles. The number of benzene rings is 1. The van der Waals surface area contributed by atoms with E-state index in [-0.39, 0.29) is 12.6 Å². The predicted molar refractivity (Wildman–Crippen MR) is 117 cm³/mol. The van der Waals surface area contributed by atoms with E-state index in [0.29, 0.717) is 22.5 Å². The van der Waals surface area contributed by atoms with Gasteiger partial charge in [0.2, 0.25) is 5.95 Å². The Labute approximate surface area is 184 Å². The zero-order valence-electron chi connectivity index (χ0n) is 17.4. The number of carbonyl (C=O) groups is 1. The van der Waals surface area contributed by atoms with Crippen molar-refractivity contribution in [3.63, 3.8) is 0 Å². The van der Waals surface area contributed by atoms with Gasteiger partial charge in [0.25, 0.3) is 0 Å². The Balaban J connectivity index is 1.54. The molecule has 1 aliphatic rings. The first-order valence-corrected chi connectivity index (χ1v) is 10.3. The number of nitrogens with one attached hydrogen (secondary N) is 1. The van der Waals surface area contributed by atoms with Gasteiger partial charge in [0.05, 0.1) is 24.2 Å². The summed E-state index contributed by atoms with van der Waals surface area (Å²) in [5, 5.41) is 13.9. The molecule has 0 aliphatic carbocycles. The lowest BCUT2D eigenvalue weighted by molar-refractivity contribution is 0.142. The molecule has 31 heavy (non-hydrogen) atoms. The summed E-state index contributed by atoms with van der Waals surface area (Å²) in [6, 6.07) is 8.47. The number of hydrogen-bond acceptors (Lipinski definition) is 7. The van der Waals surface area contributed by atoms with Crippen molar-refractivity contribution in [2.75, 3.05) is 16.8 Å². The molecule has 0 bridgehead atoms. The van der Waals surface area contributed by atoms with Crippen molar-refractivity contribution in [2.24, 2.45) is 0 Å². The summed E-state index contributed by atoms with van der Waals surface area (Å²) in [7, 11) is 0. The molecule has 2 aromatic heterocycles. The molecular weight excluding hydrogens is 420 g/mol.